The molecular formula is C17H15NO. The Morgan fingerprint density at radius 1 is 0.947 bits per heavy atom. The number of nitrogens with zero attached hydrogens (tertiary/aromatic N) is 1. The Labute approximate surface area is 112 Å². The summed E-state index contributed by atoms with van der Waals surface area (Å²) in [7, 11) is 0. The van der Waals surface area contributed by atoms with Crippen molar-refractivity contribution in [2.24, 2.45) is 0 Å². The molecule has 1 aliphatic heterocycles. The summed E-state index contributed by atoms with van der Waals surface area (Å²) in [6.07, 6.45) is 1.71. The van der Waals surface area contributed by atoms with E-state index >= 15 is 0 Å². The number of hydrogen-bond acceptors (Lipinski definition) is 2. The average Bonchev–Trinajstić information content (AvgIpc) is 3.01. The van der Waals surface area contributed by atoms with Gasteiger partial charge in [-0.1, -0.05) is 30.3 Å². The number of benzene rings is 2. The van der Waals surface area contributed by atoms with Gasteiger partial charge in [-0.2, -0.15) is 0 Å². The van der Waals surface area contributed by atoms with Crippen LogP contribution in [0.1, 0.15) is 17.5 Å². The van der Waals surface area contributed by atoms with Gasteiger partial charge in [-0.15, -0.1) is 0 Å². The van der Waals surface area contributed by atoms with E-state index in [4.69, 9.17) is 0 Å². The first-order chi connectivity index (χ1) is 9.31. The highest BCUT2D eigenvalue weighted by molar-refractivity contribution is 5.88. The zero-order chi connectivity index (χ0) is 12.8. The Bertz CT molecular complexity index is 675. The van der Waals surface area contributed by atoms with Gasteiger partial charge >= 0.3 is 0 Å². The third kappa shape index (κ3) is 1.67. The first-order valence-corrected chi connectivity index (χ1v) is 6.79. The van der Waals surface area contributed by atoms with Gasteiger partial charge in [0, 0.05) is 18.7 Å². The molecule has 0 aromatic heterocycles. The Balaban J connectivity index is 1.73. The number of hydrogen-bond donors (Lipinski definition) is 0. The standard InChI is InChI=1S/C17H15NO/c19-15-7-8-18(11-15)14-5-6-17-13(10-14)9-12-3-1-2-4-16(12)17/h1-6,10H,7-9,11H2. The number of carbonyl (C=O) groups is 1. The van der Waals surface area contributed by atoms with Crippen LogP contribution < -0.4 is 4.90 Å². The Morgan fingerprint density at radius 2 is 1.79 bits per heavy atom. The van der Waals surface area contributed by atoms with Gasteiger partial charge in [0.1, 0.15) is 0 Å². The summed E-state index contributed by atoms with van der Waals surface area (Å²) in [6, 6.07) is 15.2. The fraction of sp³-hybridized carbons (Fsp3) is 0.235. The van der Waals surface area contributed by atoms with Crippen molar-refractivity contribution in [3.8, 4) is 11.1 Å². The van der Waals surface area contributed by atoms with Crippen molar-refractivity contribution in [1.82, 2.24) is 0 Å². The molecule has 0 saturated carbocycles. The SMILES string of the molecule is O=C1CCN(c2ccc3c(c2)Cc2ccccc2-3)C1. The molecule has 4 rings (SSSR count). The van der Waals surface area contributed by atoms with Gasteiger partial charge < -0.3 is 4.90 Å². The maximum Gasteiger partial charge on any atom is 0.153 e. The molecule has 0 atom stereocenters. The summed E-state index contributed by atoms with van der Waals surface area (Å²) in [4.78, 5) is 13.6. The van der Waals surface area contributed by atoms with Crippen molar-refractivity contribution in [2.45, 2.75) is 12.8 Å². The second-order valence-corrected chi connectivity index (χ2v) is 5.39. The van der Waals surface area contributed by atoms with Crippen molar-refractivity contribution in [2.75, 3.05) is 18.0 Å². The van der Waals surface area contributed by atoms with Gasteiger partial charge in [0.2, 0.25) is 0 Å². The Kier molecular flexibility index (Phi) is 2.25. The van der Waals surface area contributed by atoms with Crippen molar-refractivity contribution >= 4 is 11.5 Å². The number of carbonyl (C=O) groups excluding carboxylic acids is 1. The van der Waals surface area contributed by atoms with Crippen molar-refractivity contribution in [1.29, 1.82) is 0 Å². The topological polar surface area (TPSA) is 20.3 Å². The summed E-state index contributed by atoms with van der Waals surface area (Å²) >= 11 is 0. The largest absolute Gasteiger partial charge is 0.364 e. The van der Waals surface area contributed by atoms with Crippen LogP contribution in [0.3, 0.4) is 0 Å². The molecular weight excluding hydrogens is 234 g/mol. The molecule has 19 heavy (non-hydrogen) atoms. The van der Waals surface area contributed by atoms with E-state index in [1.54, 1.807) is 0 Å². The van der Waals surface area contributed by atoms with Crippen LogP contribution in [0.4, 0.5) is 5.69 Å². The maximum absolute atomic E-state index is 11.4. The van der Waals surface area contributed by atoms with E-state index in [2.05, 4.69) is 47.4 Å². The summed E-state index contributed by atoms with van der Waals surface area (Å²) in [5.74, 6) is 0.351. The second kappa shape index (κ2) is 3.95. The molecule has 0 unspecified atom stereocenters. The van der Waals surface area contributed by atoms with Crippen LogP contribution in [0, 0.1) is 0 Å². The predicted octanol–water partition coefficient (Wildman–Crippen LogP) is 3.04. The van der Waals surface area contributed by atoms with Crippen molar-refractivity contribution in [3.63, 3.8) is 0 Å². The minimum atomic E-state index is 0.351. The third-order valence-electron chi connectivity index (χ3n) is 4.17. The fourth-order valence-electron chi connectivity index (χ4n) is 3.18. The van der Waals surface area contributed by atoms with Crippen LogP contribution in [0.5, 0.6) is 0 Å². The zero-order valence-corrected chi connectivity index (χ0v) is 10.7. The van der Waals surface area contributed by atoms with E-state index in [9.17, 15) is 4.79 Å². The van der Waals surface area contributed by atoms with Gasteiger partial charge in [0.25, 0.3) is 0 Å². The lowest BCUT2D eigenvalue weighted by Gasteiger charge is -2.17. The lowest BCUT2D eigenvalue weighted by atomic mass is 10.1. The van der Waals surface area contributed by atoms with Crippen LogP contribution in [0.15, 0.2) is 42.5 Å². The molecule has 0 bridgehead atoms. The predicted molar refractivity (Wildman–Crippen MR) is 76.5 cm³/mol. The minimum absolute atomic E-state index is 0.351. The molecule has 2 nitrogen and oxygen atoms in total. The Morgan fingerprint density at radius 3 is 2.63 bits per heavy atom. The zero-order valence-electron chi connectivity index (χ0n) is 10.7. The molecule has 2 aromatic rings. The van der Waals surface area contributed by atoms with Gasteiger partial charge in [-0.25, -0.2) is 0 Å². The maximum atomic E-state index is 11.4. The summed E-state index contributed by atoms with van der Waals surface area (Å²) in [5.41, 5.74) is 6.70. The molecule has 0 N–H and O–H groups in total. The van der Waals surface area contributed by atoms with Gasteiger partial charge in [0.05, 0.1) is 6.54 Å². The third-order valence-corrected chi connectivity index (χ3v) is 4.17. The van der Waals surface area contributed by atoms with E-state index in [1.165, 1.54) is 27.9 Å². The quantitative estimate of drug-likeness (QED) is 0.660. The van der Waals surface area contributed by atoms with Crippen LogP contribution in [-0.2, 0) is 11.2 Å². The highest BCUT2D eigenvalue weighted by Gasteiger charge is 2.22. The molecule has 2 aromatic carbocycles. The lowest BCUT2D eigenvalue weighted by molar-refractivity contribution is -0.116. The van der Waals surface area contributed by atoms with Gasteiger partial charge in [0.15, 0.2) is 5.78 Å². The molecule has 0 radical (unpaired) electrons. The normalized spacial score (nSPS) is 16.6. The average molecular weight is 249 g/mol. The van der Waals surface area contributed by atoms with E-state index < -0.39 is 0 Å². The van der Waals surface area contributed by atoms with Crippen LogP contribution in [0.2, 0.25) is 0 Å². The van der Waals surface area contributed by atoms with E-state index in [0.717, 1.165) is 13.0 Å². The molecule has 1 heterocycles. The number of ketones is 1. The summed E-state index contributed by atoms with van der Waals surface area (Å²) in [5, 5.41) is 0. The van der Waals surface area contributed by atoms with Crippen molar-refractivity contribution < 1.29 is 4.79 Å². The van der Waals surface area contributed by atoms with E-state index in [1.807, 2.05) is 0 Å². The minimum Gasteiger partial charge on any atom is -0.364 e. The first kappa shape index (κ1) is 10.8. The highest BCUT2D eigenvalue weighted by Crippen LogP contribution is 2.38. The molecule has 94 valence electrons. The van der Waals surface area contributed by atoms with Crippen molar-refractivity contribution in [3.05, 3.63) is 53.6 Å². The molecule has 2 aliphatic rings. The summed E-state index contributed by atoms with van der Waals surface area (Å²) in [6.45, 7) is 1.44. The summed E-state index contributed by atoms with van der Waals surface area (Å²) < 4.78 is 0. The van der Waals surface area contributed by atoms with Gasteiger partial charge in [-0.05, 0) is 40.8 Å². The number of fused-ring (bicyclic) bond motifs is 3. The number of Topliss-reactive ketones (excluding diaryl/α,β-unsaturated/α-hetero) is 1. The smallest absolute Gasteiger partial charge is 0.153 e. The fourth-order valence-corrected chi connectivity index (χ4v) is 3.18. The number of rotatable bonds is 1. The first-order valence-electron chi connectivity index (χ1n) is 6.79. The van der Waals surface area contributed by atoms with E-state index in [0.29, 0.717) is 18.7 Å². The number of anilines is 1. The van der Waals surface area contributed by atoms with Crippen LogP contribution in [-0.4, -0.2) is 18.9 Å². The van der Waals surface area contributed by atoms with Crippen LogP contribution >= 0.6 is 0 Å². The molecule has 1 aliphatic carbocycles. The molecule has 1 saturated heterocycles. The van der Waals surface area contributed by atoms with Gasteiger partial charge in [-0.3, -0.25) is 4.79 Å². The molecule has 0 amide bonds. The second-order valence-electron chi connectivity index (χ2n) is 5.39. The molecule has 2 heteroatoms. The monoisotopic (exact) mass is 249 g/mol. The lowest BCUT2D eigenvalue weighted by Crippen LogP contribution is -2.19. The Hall–Kier alpha value is -2.09. The van der Waals surface area contributed by atoms with Crippen LogP contribution in [0.25, 0.3) is 11.1 Å². The highest BCUT2D eigenvalue weighted by atomic mass is 16.1. The van der Waals surface area contributed by atoms with E-state index in [-0.39, 0.29) is 0 Å². The molecule has 1 fully saturated rings. The molecule has 0 spiro atoms.